The van der Waals surface area contributed by atoms with Gasteiger partial charge >= 0.3 is 0 Å². The van der Waals surface area contributed by atoms with Crippen molar-refractivity contribution in [3.63, 3.8) is 0 Å². The highest BCUT2D eigenvalue weighted by atomic mass is 35.5. The van der Waals surface area contributed by atoms with Gasteiger partial charge in [-0.25, -0.2) is 9.07 Å². The Hall–Kier alpha value is -2.80. The molecule has 23 heavy (non-hydrogen) atoms. The molecular weight excluding hydrogens is 321 g/mol. The Balaban J connectivity index is 1.90. The van der Waals surface area contributed by atoms with E-state index in [1.54, 1.807) is 12.1 Å². The summed E-state index contributed by atoms with van der Waals surface area (Å²) < 4.78 is 14.6. The summed E-state index contributed by atoms with van der Waals surface area (Å²) in [4.78, 5) is 12.6. The normalized spacial score (nSPS) is 11.9. The summed E-state index contributed by atoms with van der Waals surface area (Å²) >= 11 is 5.73. The van der Waals surface area contributed by atoms with Gasteiger partial charge < -0.3 is 5.32 Å². The first-order chi connectivity index (χ1) is 11.1. The molecule has 0 aliphatic rings. The van der Waals surface area contributed by atoms with Crippen LogP contribution in [0.25, 0.3) is 0 Å². The van der Waals surface area contributed by atoms with E-state index in [0.29, 0.717) is 11.3 Å². The number of nitrogens with zero attached hydrogens (tertiary/aromatic N) is 4. The summed E-state index contributed by atoms with van der Waals surface area (Å²) in [6, 6.07) is 12.3. The molecule has 0 spiro atoms. The van der Waals surface area contributed by atoms with E-state index < -0.39 is 11.9 Å². The summed E-state index contributed by atoms with van der Waals surface area (Å²) in [5.41, 5.74) is 1.10. The smallest absolute Gasteiger partial charge is 0.253 e. The maximum absolute atomic E-state index is 13.2. The summed E-state index contributed by atoms with van der Waals surface area (Å²) in [5.74, 6) is -0.920. The molecule has 1 heterocycles. The number of halogens is 2. The third-order valence-electron chi connectivity index (χ3n) is 3.18. The molecule has 0 unspecified atom stereocenters. The Morgan fingerprint density at radius 2 is 2.00 bits per heavy atom. The van der Waals surface area contributed by atoms with Crippen LogP contribution in [0, 0.1) is 5.82 Å². The summed E-state index contributed by atoms with van der Waals surface area (Å²) in [5, 5.41) is 13.5. The van der Waals surface area contributed by atoms with Crippen molar-refractivity contribution in [1.82, 2.24) is 20.2 Å². The molecule has 0 saturated heterocycles. The lowest BCUT2D eigenvalue weighted by atomic mass is 10.1. The second-order valence-electron chi connectivity index (χ2n) is 4.72. The molecule has 0 radical (unpaired) electrons. The molecule has 3 rings (SSSR count). The fourth-order valence-electron chi connectivity index (χ4n) is 2.13. The maximum Gasteiger partial charge on any atom is 0.253 e. The highest BCUT2D eigenvalue weighted by molar-refractivity contribution is 6.31. The molecule has 116 valence electrons. The number of benzene rings is 2. The number of tetrazole rings is 1. The largest absolute Gasteiger partial charge is 0.324 e. The van der Waals surface area contributed by atoms with Crippen molar-refractivity contribution in [2.24, 2.45) is 0 Å². The molecule has 1 aromatic heterocycles. The van der Waals surface area contributed by atoms with Gasteiger partial charge in [0, 0.05) is 5.69 Å². The van der Waals surface area contributed by atoms with E-state index in [2.05, 4.69) is 20.8 Å². The average molecular weight is 332 g/mol. The number of carbonyl (C=O) groups excluding carboxylic acids is 1. The molecule has 1 atom stereocenters. The summed E-state index contributed by atoms with van der Waals surface area (Å²) in [7, 11) is 0. The average Bonchev–Trinajstić information content (AvgIpc) is 3.06. The van der Waals surface area contributed by atoms with Crippen LogP contribution in [0.4, 0.5) is 10.1 Å². The van der Waals surface area contributed by atoms with Crippen molar-refractivity contribution in [3.8, 4) is 0 Å². The molecule has 0 bridgehead atoms. The van der Waals surface area contributed by atoms with Gasteiger partial charge in [0.2, 0.25) is 0 Å². The van der Waals surface area contributed by atoms with Crippen LogP contribution in [0.2, 0.25) is 5.02 Å². The minimum Gasteiger partial charge on any atom is -0.324 e. The number of nitrogens with one attached hydrogen (secondary N) is 1. The molecule has 0 aliphatic carbocycles. The van der Waals surface area contributed by atoms with Gasteiger partial charge in [0.25, 0.3) is 5.91 Å². The SMILES string of the molecule is O=C(Nc1ccc(F)c(Cl)c1)[C@@H](c1ccccc1)n1cnnn1. The van der Waals surface area contributed by atoms with Crippen LogP contribution in [0.15, 0.2) is 54.9 Å². The van der Waals surface area contributed by atoms with Gasteiger partial charge in [-0.3, -0.25) is 4.79 Å². The third kappa shape index (κ3) is 3.35. The van der Waals surface area contributed by atoms with E-state index in [-0.39, 0.29) is 10.9 Å². The lowest BCUT2D eigenvalue weighted by Crippen LogP contribution is -2.27. The first-order valence-electron chi connectivity index (χ1n) is 6.68. The zero-order valence-electron chi connectivity index (χ0n) is 11.7. The van der Waals surface area contributed by atoms with Crippen LogP contribution in [-0.2, 0) is 4.79 Å². The van der Waals surface area contributed by atoms with Gasteiger partial charge in [-0.1, -0.05) is 41.9 Å². The Kier molecular flexibility index (Phi) is 4.29. The fourth-order valence-corrected chi connectivity index (χ4v) is 2.31. The number of carbonyl (C=O) groups is 1. The van der Waals surface area contributed by atoms with E-state index in [0.717, 1.165) is 0 Å². The molecule has 8 heteroatoms. The molecular formula is C15H11ClFN5O. The van der Waals surface area contributed by atoms with Crippen LogP contribution in [-0.4, -0.2) is 26.1 Å². The van der Waals surface area contributed by atoms with Crippen molar-refractivity contribution < 1.29 is 9.18 Å². The van der Waals surface area contributed by atoms with Gasteiger partial charge in [0.1, 0.15) is 12.1 Å². The highest BCUT2D eigenvalue weighted by Crippen LogP contribution is 2.22. The van der Waals surface area contributed by atoms with Gasteiger partial charge in [0.15, 0.2) is 6.04 Å². The minimum absolute atomic E-state index is 0.0681. The number of rotatable bonds is 4. The van der Waals surface area contributed by atoms with Gasteiger partial charge in [0.05, 0.1) is 5.02 Å². The van der Waals surface area contributed by atoms with Crippen LogP contribution >= 0.6 is 11.6 Å². The predicted octanol–water partition coefficient (Wildman–Crippen LogP) is 2.69. The highest BCUT2D eigenvalue weighted by Gasteiger charge is 2.24. The van der Waals surface area contributed by atoms with E-state index in [4.69, 9.17) is 11.6 Å². The van der Waals surface area contributed by atoms with Crippen LogP contribution in [0.5, 0.6) is 0 Å². The first-order valence-corrected chi connectivity index (χ1v) is 7.06. The lowest BCUT2D eigenvalue weighted by molar-refractivity contribution is -0.118. The Labute approximate surface area is 135 Å². The van der Waals surface area contributed by atoms with Gasteiger partial charge in [-0.2, -0.15) is 0 Å². The summed E-state index contributed by atoms with van der Waals surface area (Å²) in [6.07, 6.45) is 1.36. The first kappa shape index (κ1) is 15.1. The molecule has 0 fully saturated rings. The molecule has 0 saturated carbocycles. The van der Waals surface area contributed by atoms with Crippen LogP contribution in [0.3, 0.4) is 0 Å². The van der Waals surface area contributed by atoms with Gasteiger partial charge in [-0.15, -0.1) is 5.10 Å². The lowest BCUT2D eigenvalue weighted by Gasteiger charge is -2.16. The number of hydrogen-bond acceptors (Lipinski definition) is 4. The van der Waals surface area contributed by atoms with E-state index in [1.165, 1.54) is 29.2 Å². The Morgan fingerprint density at radius 1 is 1.22 bits per heavy atom. The zero-order valence-corrected chi connectivity index (χ0v) is 12.5. The predicted molar refractivity (Wildman–Crippen MR) is 82.4 cm³/mol. The fraction of sp³-hybridized carbons (Fsp3) is 0.0667. The molecule has 1 amide bonds. The zero-order chi connectivity index (χ0) is 16.2. The molecule has 2 aromatic carbocycles. The van der Waals surface area contributed by atoms with Crippen LogP contribution in [0.1, 0.15) is 11.6 Å². The maximum atomic E-state index is 13.2. The van der Waals surface area contributed by atoms with Crippen molar-refractivity contribution in [2.45, 2.75) is 6.04 Å². The monoisotopic (exact) mass is 331 g/mol. The summed E-state index contributed by atoms with van der Waals surface area (Å²) in [6.45, 7) is 0. The molecule has 3 aromatic rings. The van der Waals surface area contributed by atoms with Crippen molar-refractivity contribution in [2.75, 3.05) is 5.32 Å². The molecule has 6 nitrogen and oxygen atoms in total. The second-order valence-corrected chi connectivity index (χ2v) is 5.13. The van der Waals surface area contributed by atoms with Crippen molar-refractivity contribution in [1.29, 1.82) is 0 Å². The minimum atomic E-state index is -0.755. The second kappa shape index (κ2) is 6.53. The number of anilines is 1. The number of amides is 1. The van der Waals surface area contributed by atoms with E-state index in [1.807, 2.05) is 18.2 Å². The van der Waals surface area contributed by atoms with E-state index >= 15 is 0 Å². The molecule has 0 aliphatic heterocycles. The van der Waals surface area contributed by atoms with Crippen LogP contribution < -0.4 is 5.32 Å². The number of aromatic nitrogens is 4. The Bertz CT molecular complexity index is 810. The number of hydrogen-bond donors (Lipinski definition) is 1. The third-order valence-corrected chi connectivity index (χ3v) is 3.47. The topological polar surface area (TPSA) is 72.7 Å². The van der Waals surface area contributed by atoms with Crippen molar-refractivity contribution in [3.05, 3.63) is 71.3 Å². The standard InChI is InChI=1S/C15H11ClFN5O/c16-12-8-11(6-7-13(12)17)19-15(23)14(22-9-18-20-21-22)10-4-2-1-3-5-10/h1-9,14H,(H,19,23)/t14-/m1/s1. The van der Waals surface area contributed by atoms with Crippen molar-refractivity contribution >= 4 is 23.2 Å². The molecule has 1 N–H and O–H groups in total. The van der Waals surface area contributed by atoms with E-state index in [9.17, 15) is 9.18 Å². The quantitative estimate of drug-likeness (QED) is 0.797. The van der Waals surface area contributed by atoms with Gasteiger partial charge in [-0.05, 0) is 34.2 Å². The Morgan fingerprint density at radius 3 is 2.65 bits per heavy atom.